The van der Waals surface area contributed by atoms with E-state index in [1.165, 1.54) is 18.3 Å². The largest absolute Gasteiger partial charge is 0.373 e. The molecule has 1 amide bonds. The summed E-state index contributed by atoms with van der Waals surface area (Å²) in [5, 5.41) is 2.92. The molecule has 0 aliphatic carbocycles. The maximum atomic E-state index is 12.6. The molecule has 0 spiro atoms. The fourth-order valence-electron chi connectivity index (χ4n) is 2.55. The van der Waals surface area contributed by atoms with Crippen molar-refractivity contribution >= 4 is 5.91 Å². The maximum absolute atomic E-state index is 12.6. The average molecular weight is 236 g/mol. The second-order valence-corrected chi connectivity index (χ2v) is 4.56. The quantitative estimate of drug-likeness (QED) is 0.787. The SMILES string of the molecule is O=C(NC1CC2CCC1O2)c1ccc(F)nc1. The second-order valence-electron chi connectivity index (χ2n) is 4.56. The lowest BCUT2D eigenvalue weighted by molar-refractivity contribution is 0.0840. The number of nitrogens with one attached hydrogen (secondary N) is 1. The van der Waals surface area contributed by atoms with Gasteiger partial charge in [-0.1, -0.05) is 0 Å². The van der Waals surface area contributed by atoms with Crippen LogP contribution in [-0.4, -0.2) is 29.1 Å². The Morgan fingerprint density at radius 3 is 2.94 bits per heavy atom. The Labute approximate surface area is 98.2 Å². The van der Waals surface area contributed by atoms with Gasteiger partial charge in [0.2, 0.25) is 5.95 Å². The molecule has 0 aromatic carbocycles. The van der Waals surface area contributed by atoms with Crippen LogP contribution in [0.5, 0.6) is 0 Å². The third kappa shape index (κ3) is 2.02. The smallest absolute Gasteiger partial charge is 0.253 e. The summed E-state index contributed by atoms with van der Waals surface area (Å²) in [7, 11) is 0. The lowest BCUT2D eigenvalue weighted by atomic mass is 9.95. The molecule has 5 heteroatoms. The lowest BCUT2D eigenvalue weighted by Crippen LogP contribution is -2.41. The first-order chi connectivity index (χ1) is 8.22. The minimum atomic E-state index is -0.579. The average Bonchev–Trinajstić information content (AvgIpc) is 2.91. The number of hydrogen-bond acceptors (Lipinski definition) is 3. The van der Waals surface area contributed by atoms with Crippen LogP contribution in [0.4, 0.5) is 4.39 Å². The van der Waals surface area contributed by atoms with Gasteiger partial charge < -0.3 is 10.1 Å². The third-order valence-electron chi connectivity index (χ3n) is 3.41. The standard InChI is InChI=1S/C12H13FN2O2/c13-11-4-1-7(6-14-11)12(16)15-9-5-8-2-3-10(9)17-8/h1,4,6,8-10H,2-3,5H2,(H,15,16). The number of nitrogens with zero attached hydrogens (tertiary/aromatic N) is 1. The molecule has 90 valence electrons. The third-order valence-corrected chi connectivity index (χ3v) is 3.41. The molecule has 1 aromatic heterocycles. The van der Waals surface area contributed by atoms with E-state index in [9.17, 15) is 9.18 Å². The molecular formula is C12H13FN2O2. The van der Waals surface area contributed by atoms with Crippen molar-refractivity contribution < 1.29 is 13.9 Å². The highest BCUT2D eigenvalue weighted by Gasteiger charge is 2.41. The molecule has 3 unspecified atom stereocenters. The highest BCUT2D eigenvalue weighted by Crippen LogP contribution is 2.34. The summed E-state index contributed by atoms with van der Waals surface area (Å²) in [6, 6.07) is 2.71. The number of rotatable bonds is 2. The number of aromatic nitrogens is 1. The first-order valence-corrected chi connectivity index (χ1v) is 5.80. The fourth-order valence-corrected chi connectivity index (χ4v) is 2.55. The number of halogens is 1. The lowest BCUT2D eigenvalue weighted by Gasteiger charge is -2.19. The van der Waals surface area contributed by atoms with Gasteiger partial charge in [0.25, 0.3) is 5.91 Å². The summed E-state index contributed by atoms with van der Waals surface area (Å²) in [4.78, 5) is 15.3. The van der Waals surface area contributed by atoms with Crippen LogP contribution in [0.25, 0.3) is 0 Å². The Morgan fingerprint density at radius 1 is 1.47 bits per heavy atom. The fraction of sp³-hybridized carbons (Fsp3) is 0.500. The Balaban J connectivity index is 1.65. The van der Waals surface area contributed by atoms with Crippen LogP contribution in [0.3, 0.4) is 0 Å². The molecule has 2 aliphatic heterocycles. The van der Waals surface area contributed by atoms with Crippen LogP contribution < -0.4 is 5.32 Å². The molecule has 17 heavy (non-hydrogen) atoms. The number of amides is 1. The van der Waals surface area contributed by atoms with E-state index in [4.69, 9.17) is 4.74 Å². The van der Waals surface area contributed by atoms with Gasteiger partial charge in [-0.15, -0.1) is 0 Å². The number of pyridine rings is 1. The number of hydrogen-bond donors (Lipinski definition) is 1. The molecule has 3 rings (SSSR count). The van der Waals surface area contributed by atoms with E-state index in [1.807, 2.05) is 0 Å². The number of carbonyl (C=O) groups excluding carboxylic acids is 1. The molecule has 2 aliphatic rings. The van der Waals surface area contributed by atoms with E-state index in [-0.39, 0.29) is 18.1 Å². The second kappa shape index (κ2) is 4.07. The highest BCUT2D eigenvalue weighted by molar-refractivity contribution is 5.94. The van der Waals surface area contributed by atoms with Crippen molar-refractivity contribution in [1.29, 1.82) is 0 Å². The molecule has 3 atom stereocenters. The van der Waals surface area contributed by atoms with Gasteiger partial charge in [-0.3, -0.25) is 4.79 Å². The molecule has 2 saturated heterocycles. The van der Waals surface area contributed by atoms with E-state index in [0.29, 0.717) is 11.7 Å². The summed E-state index contributed by atoms with van der Waals surface area (Å²) in [6.07, 6.45) is 4.69. The summed E-state index contributed by atoms with van der Waals surface area (Å²) in [6.45, 7) is 0. The summed E-state index contributed by atoms with van der Waals surface area (Å²) in [5.41, 5.74) is 0.383. The van der Waals surface area contributed by atoms with Crippen LogP contribution in [0, 0.1) is 5.95 Å². The number of fused-ring (bicyclic) bond motifs is 2. The van der Waals surface area contributed by atoms with Gasteiger partial charge in [-0.05, 0) is 31.4 Å². The van der Waals surface area contributed by atoms with Crippen LogP contribution in [0.1, 0.15) is 29.6 Å². The molecule has 2 fully saturated rings. The van der Waals surface area contributed by atoms with E-state index in [1.54, 1.807) is 0 Å². The van der Waals surface area contributed by atoms with Crippen molar-refractivity contribution in [2.75, 3.05) is 0 Å². The molecule has 1 aromatic rings. The molecule has 0 radical (unpaired) electrons. The van der Waals surface area contributed by atoms with E-state index in [2.05, 4.69) is 10.3 Å². The van der Waals surface area contributed by atoms with Crippen molar-refractivity contribution in [2.45, 2.75) is 37.5 Å². The van der Waals surface area contributed by atoms with Crippen LogP contribution in [-0.2, 0) is 4.74 Å². The van der Waals surface area contributed by atoms with Gasteiger partial charge in [0.05, 0.1) is 23.8 Å². The number of ether oxygens (including phenoxy) is 1. The van der Waals surface area contributed by atoms with Gasteiger partial charge in [0.15, 0.2) is 0 Å². The van der Waals surface area contributed by atoms with E-state index in [0.717, 1.165) is 19.3 Å². The van der Waals surface area contributed by atoms with E-state index < -0.39 is 5.95 Å². The van der Waals surface area contributed by atoms with Crippen LogP contribution in [0.2, 0.25) is 0 Å². The summed E-state index contributed by atoms with van der Waals surface area (Å²) >= 11 is 0. The Hall–Kier alpha value is -1.49. The summed E-state index contributed by atoms with van der Waals surface area (Å²) in [5.74, 6) is -0.788. The monoisotopic (exact) mass is 236 g/mol. The predicted octanol–water partition coefficient (Wildman–Crippen LogP) is 1.27. The molecule has 4 nitrogen and oxygen atoms in total. The topological polar surface area (TPSA) is 51.2 Å². The van der Waals surface area contributed by atoms with Crippen LogP contribution >= 0.6 is 0 Å². The van der Waals surface area contributed by atoms with Crippen molar-refractivity contribution in [3.05, 3.63) is 29.8 Å². The molecule has 2 bridgehead atoms. The zero-order valence-corrected chi connectivity index (χ0v) is 9.23. The van der Waals surface area contributed by atoms with Gasteiger partial charge in [-0.25, -0.2) is 4.98 Å². The Morgan fingerprint density at radius 2 is 2.35 bits per heavy atom. The minimum absolute atomic E-state index is 0.0892. The first kappa shape index (κ1) is 10.7. The van der Waals surface area contributed by atoms with Crippen molar-refractivity contribution in [1.82, 2.24) is 10.3 Å². The highest BCUT2D eigenvalue weighted by atomic mass is 19.1. The first-order valence-electron chi connectivity index (χ1n) is 5.80. The van der Waals surface area contributed by atoms with Crippen molar-refractivity contribution in [3.8, 4) is 0 Å². The minimum Gasteiger partial charge on any atom is -0.373 e. The Kier molecular flexibility index (Phi) is 2.55. The zero-order chi connectivity index (χ0) is 11.8. The maximum Gasteiger partial charge on any atom is 0.253 e. The summed E-state index contributed by atoms with van der Waals surface area (Å²) < 4.78 is 18.3. The van der Waals surface area contributed by atoms with E-state index >= 15 is 0 Å². The molecule has 1 N–H and O–H groups in total. The van der Waals surface area contributed by atoms with Crippen molar-refractivity contribution in [2.24, 2.45) is 0 Å². The van der Waals surface area contributed by atoms with Gasteiger partial charge in [0.1, 0.15) is 0 Å². The molecular weight excluding hydrogens is 223 g/mol. The number of carbonyl (C=O) groups is 1. The molecule has 3 heterocycles. The van der Waals surface area contributed by atoms with Crippen LogP contribution in [0.15, 0.2) is 18.3 Å². The zero-order valence-electron chi connectivity index (χ0n) is 9.23. The van der Waals surface area contributed by atoms with Gasteiger partial charge >= 0.3 is 0 Å². The van der Waals surface area contributed by atoms with Gasteiger partial charge in [0, 0.05) is 6.20 Å². The molecule has 0 saturated carbocycles. The van der Waals surface area contributed by atoms with Gasteiger partial charge in [-0.2, -0.15) is 4.39 Å². The normalized spacial score (nSPS) is 30.5. The van der Waals surface area contributed by atoms with Crippen molar-refractivity contribution in [3.63, 3.8) is 0 Å². The predicted molar refractivity (Wildman–Crippen MR) is 58.0 cm³/mol. The Bertz CT molecular complexity index is 435.